The standard InChI is InChI=1S/C23H29NO7S/c1-17-10-12-19(13-11-17)32(27,28)31-21(15-29-16-25)20(14-18-8-6-5-7-9-18)24-22(26)30-23(2,3)4/h5-13,16,20-21H,14-15H2,1-4H3,(H,24,26)/t20-,21-/m0/s1. The Morgan fingerprint density at radius 1 is 1.06 bits per heavy atom. The molecule has 0 fully saturated rings. The minimum atomic E-state index is -4.20. The molecule has 2 atom stereocenters. The second kappa shape index (κ2) is 11.1. The number of carbonyl (C=O) groups is 2. The molecule has 0 radical (unpaired) electrons. The maximum absolute atomic E-state index is 12.9. The summed E-state index contributed by atoms with van der Waals surface area (Å²) >= 11 is 0. The summed E-state index contributed by atoms with van der Waals surface area (Å²) in [6.45, 7) is 6.78. The molecule has 0 aliphatic rings. The molecule has 0 aliphatic carbocycles. The smallest absolute Gasteiger partial charge is 0.407 e. The minimum Gasteiger partial charge on any atom is -0.465 e. The van der Waals surface area contributed by atoms with Gasteiger partial charge in [0.2, 0.25) is 0 Å². The molecule has 0 spiro atoms. The van der Waals surface area contributed by atoms with Gasteiger partial charge in [0.15, 0.2) is 0 Å². The van der Waals surface area contributed by atoms with Gasteiger partial charge in [-0.1, -0.05) is 48.0 Å². The summed E-state index contributed by atoms with van der Waals surface area (Å²) in [4.78, 5) is 23.2. The highest BCUT2D eigenvalue weighted by Gasteiger charge is 2.32. The van der Waals surface area contributed by atoms with Crippen LogP contribution in [0.5, 0.6) is 0 Å². The van der Waals surface area contributed by atoms with Crippen molar-refractivity contribution in [3.63, 3.8) is 0 Å². The largest absolute Gasteiger partial charge is 0.465 e. The minimum absolute atomic E-state index is 0.0464. The summed E-state index contributed by atoms with van der Waals surface area (Å²) in [6.07, 6.45) is -1.72. The summed E-state index contributed by atoms with van der Waals surface area (Å²) in [5.41, 5.74) is 0.949. The molecule has 174 valence electrons. The van der Waals surface area contributed by atoms with Crippen LogP contribution in [0.25, 0.3) is 0 Å². The molecule has 0 unspecified atom stereocenters. The zero-order valence-corrected chi connectivity index (χ0v) is 19.4. The van der Waals surface area contributed by atoms with E-state index in [1.807, 2.05) is 37.3 Å². The van der Waals surface area contributed by atoms with Gasteiger partial charge in [0.05, 0.1) is 10.9 Å². The maximum atomic E-state index is 12.9. The normalized spacial score (nSPS) is 13.6. The van der Waals surface area contributed by atoms with Crippen LogP contribution < -0.4 is 5.32 Å². The predicted octanol–water partition coefficient (Wildman–Crippen LogP) is 3.38. The number of aryl methyl sites for hydroxylation is 1. The van der Waals surface area contributed by atoms with Crippen LogP contribution in [0.3, 0.4) is 0 Å². The number of rotatable bonds is 10. The van der Waals surface area contributed by atoms with E-state index in [0.29, 0.717) is 0 Å². The Morgan fingerprint density at radius 2 is 1.69 bits per heavy atom. The first-order valence-electron chi connectivity index (χ1n) is 10.1. The van der Waals surface area contributed by atoms with E-state index in [1.54, 1.807) is 32.9 Å². The van der Waals surface area contributed by atoms with Crippen molar-refractivity contribution in [2.24, 2.45) is 0 Å². The van der Waals surface area contributed by atoms with E-state index < -0.39 is 34.0 Å². The summed E-state index contributed by atoms with van der Waals surface area (Å²) in [6, 6.07) is 14.4. The molecule has 0 saturated carbocycles. The fraction of sp³-hybridized carbons (Fsp3) is 0.391. The van der Waals surface area contributed by atoms with Gasteiger partial charge in [-0.3, -0.25) is 8.98 Å². The molecule has 0 aromatic heterocycles. The number of carbonyl (C=O) groups excluding carboxylic acids is 2. The molecule has 1 amide bonds. The van der Waals surface area contributed by atoms with Crippen molar-refractivity contribution < 1.29 is 31.7 Å². The van der Waals surface area contributed by atoms with Gasteiger partial charge < -0.3 is 14.8 Å². The monoisotopic (exact) mass is 463 g/mol. The van der Waals surface area contributed by atoms with Crippen molar-refractivity contribution in [2.45, 2.75) is 56.8 Å². The van der Waals surface area contributed by atoms with Crippen molar-refractivity contribution in [3.05, 3.63) is 65.7 Å². The molecule has 2 aromatic carbocycles. The third-order valence-electron chi connectivity index (χ3n) is 4.34. The van der Waals surface area contributed by atoms with Gasteiger partial charge >= 0.3 is 6.09 Å². The first kappa shape index (κ1) is 25.4. The molecule has 0 bridgehead atoms. The topological polar surface area (TPSA) is 108 Å². The van der Waals surface area contributed by atoms with Crippen LogP contribution in [-0.2, 0) is 35.0 Å². The van der Waals surface area contributed by atoms with E-state index in [4.69, 9.17) is 13.7 Å². The lowest BCUT2D eigenvalue weighted by Gasteiger charge is -2.28. The van der Waals surface area contributed by atoms with E-state index >= 15 is 0 Å². The van der Waals surface area contributed by atoms with E-state index in [2.05, 4.69) is 5.32 Å². The van der Waals surface area contributed by atoms with Gasteiger partial charge in [0.25, 0.3) is 16.6 Å². The second-order valence-electron chi connectivity index (χ2n) is 8.27. The number of nitrogens with one attached hydrogen (secondary N) is 1. The van der Waals surface area contributed by atoms with Crippen LogP contribution in [0.4, 0.5) is 4.79 Å². The van der Waals surface area contributed by atoms with E-state index in [0.717, 1.165) is 11.1 Å². The van der Waals surface area contributed by atoms with Gasteiger partial charge in [-0.05, 0) is 51.8 Å². The first-order chi connectivity index (χ1) is 15.0. The molecule has 9 heteroatoms. The number of alkyl carbamates (subject to hydrolysis) is 1. The SMILES string of the molecule is Cc1ccc(S(=O)(=O)O[C@@H](COC=O)[C@H](Cc2ccccc2)NC(=O)OC(C)(C)C)cc1. The van der Waals surface area contributed by atoms with Crippen molar-refractivity contribution in [2.75, 3.05) is 6.61 Å². The van der Waals surface area contributed by atoms with E-state index in [-0.39, 0.29) is 24.4 Å². The van der Waals surface area contributed by atoms with E-state index in [1.165, 1.54) is 12.1 Å². The van der Waals surface area contributed by atoms with Crippen LogP contribution in [0.1, 0.15) is 31.9 Å². The Kier molecular flexibility index (Phi) is 8.80. The highest BCUT2D eigenvalue weighted by Crippen LogP contribution is 2.19. The Balaban J connectivity index is 2.34. The Morgan fingerprint density at radius 3 is 2.25 bits per heavy atom. The third-order valence-corrected chi connectivity index (χ3v) is 5.69. The molecule has 0 saturated heterocycles. The van der Waals surface area contributed by atoms with Crippen LogP contribution in [0.15, 0.2) is 59.5 Å². The number of ether oxygens (including phenoxy) is 2. The molecule has 0 heterocycles. The van der Waals surface area contributed by atoms with E-state index in [9.17, 15) is 18.0 Å². The van der Waals surface area contributed by atoms with Gasteiger partial charge in [0, 0.05) is 0 Å². The molecule has 32 heavy (non-hydrogen) atoms. The average Bonchev–Trinajstić information content (AvgIpc) is 2.70. The number of amides is 1. The lowest BCUT2D eigenvalue weighted by Crippen LogP contribution is -2.50. The summed E-state index contributed by atoms with van der Waals surface area (Å²) in [5.74, 6) is 0. The third kappa shape index (κ3) is 8.32. The van der Waals surface area contributed by atoms with Crippen molar-refractivity contribution in [1.82, 2.24) is 5.32 Å². The molecule has 2 rings (SSSR count). The van der Waals surface area contributed by atoms with Crippen molar-refractivity contribution in [3.8, 4) is 0 Å². The molecule has 1 N–H and O–H groups in total. The summed E-state index contributed by atoms with van der Waals surface area (Å²) in [7, 11) is -4.20. The zero-order chi connectivity index (χ0) is 23.8. The van der Waals surface area contributed by atoms with Gasteiger partial charge in [0.1, 0.15) is 18.3 Å². The Labute approximate surface area is 189 Å². The number of benzene rings is 2. The molecular weight excluding hydrogens is 434 g/mol. The molecule has 2 aromatic rings. The fourth-order valence-corrected chi connectivity index (χ4v) is 3.97. The number of hydrogen-bond acceptors (Lipinski definition) is 7. The van der Waals surface area contributed by atoms with Crippen LogP contribution in [0.2, 0.25) is 0 Å². The van der Waals surface area contributed by atoms with Crippen LogP contribution in [0, 0.1) is 6.92 Å². The number of hydrogen-bond donors (Lipinski definition) is 1. The zero-order valence-electron chi connectivity index (χ0n) is 18.6. The fourth-order valence-electron chi connectivity index (χ4n) is 2.87. The maximum Gasteiger partial charge on any atom is 0.407 e. The summed E-state index contributed by atoms with van der Waals surface area (Å²) in [5, 5.41) is 2.67. The first-order valence-corrected chi connectivity index (χ1v) is 11.5. The van der Waals surface area contributed by atoms with Crippen molar-refractivity contribution in [1.29, 1.82) is 0 Å². The Hall–Kier alpha value is -2.91. The molecule has 0 aliphatic heterocycles. The second-order valence-corrected chi connectivity index (χ2v) is 9.85. The lowest BCUT2D eigenvalue weighted by molar-refractivity contribution is -0.131. The van der Waals surface area contributed by atoms with Crippen LogP contribution in [-0.4, -0.2) is 45.3 Å². The Bertz CT molecular complexity index is 983. The summed E-state index contributed by atoms with van der Waals surface area (Å²) < 4.78 is 41.4. The average molecular weight is 464 g/mol. The highest BCUT2D eigenvalue weighted by atomic mass is 32.2. The van der Waals surface area contributed by atoms with Gasteiger partial charge in [-0.15, -0.1) is 0 Å². The van der Waals surface area contributed by atoms with Gasteiger partial charge in [-0.2, -0.15) is 8.42 Å². The van der Waals surface area contributed by atoms with Gasteiger partial charge in [-0.25, -0.2) is 4.79 Å². The molecular formula is C23H29NO7S. The lowest BCUT2D eigenvalue weighted by atomic mass is 10.0. The van der Waals surface area contributed by atoms with Crippen molar-refractivity contribution >= 4 is 22.7 Å². The predicted molar refractivity (Wildman–Crippen MR) is 119 cm³/mol. The van der Waals surface area contributed by atoms with Crippen LogP contribution >= 0.6 is 0 Å². The highest BCUT2D eigenvalue weighted by molar-refractivity contribution is 7.86. The molecule has 8 nitrogen and oxygen atoms in total. The quantitative estimate of drug-likeness (QED) is 0.425.